The number of carbonyl (C=O) groups is 1. The average Bonchev–Trinajstić information content (AvgIpc) is 3.17. The third-order valence-electron chi connectivity index (χ3n) is 6.18. The molecular weight excluding hydrogens is 298 g/mol. The molecule has 1 aliphatic carbocycles. The van der Waals surface area contributed by atoms with Crippen molar-refractivity contribution in [3.05, 3.63) is 35.5 Å². The second-order valence-corrected chi connectivity index (χ2v) is 7.51. The quantitative estimate of drug-likeness (QED) is 0.809. The van der Waals surface area contributed by atoms with Crippen molar-refractivity contribution in [1.29, 1.82) is 0 Å². The zero-order valence-electron chi connectivity index (χ0n) is 14.5. The highest BCUT2D eigenvalue weighted by molar-refractivity contribution is 5.85. The highest BCUT2D eigenvalue weighted by Gasteiger charge is 2.49. The zero-order chi connectivity index (χ0) is 16.6. The van der Waals surface area contributed by atoms with Crippen LogP contribution in [0.4, 0.5) is 0 Å². The minimum Gasteiger partial charge on any atom is -0.358 e. The fraction of sp³-hybridized carbons (Fsp3) is 0.550. The lowest BCUT2D eigenvalue weighted by Crippen LogP contribution is -2.48. The minimum atomic E-state index is -0.145. The van der Waals surface area contributed by atoms with Gasteiger partial charge >= 0.3 is 0 Å². The molecule has 1 saturated carbocycles. The Morgan fingerprint density at radius 1 is 1.33 bits per heavy atom. The molecule has 0 radical (unpaired) electrons. The van der Waals surface area contributed by atoms with Gasteiger partial charge in [0.2, 0.25) is 5.91 Å². The van der Waals surface area contributed by atoms with E-state index in [-0.39, 0.29) is 11.3 Å². The lowest BCUT2D eigenvalue weighted by Gasteiger charge is -2.37. The third-order valence-corrected chi connectivity index (χ3v) is 6.18. The number of carbonyl (C=O) groups excluding carboxylic acids is 1. The van der Waals surface area contributed by atoms with E-state index >= 15 is 0 Å². The number of aryl methyl sites for hydroxylation is 1. The number of amides is 1. The smallest absolute Gasteiger partial charge is 0.227 e. The molecule has 1 aromatic heterocycles. The molecule has 2 aromatic rings. The first-order valence-electron chi connectivity index (χ1n) is 9.26. The molecule has 1 aliphatic heterocycles. The number of H-pyrrole nitrogens is 1. The highest BCUT2D eigenvalue weighted by atomic mass is 16.2. The van der Waals surface area contributed by atoms with Crippen molar-refractivity contribution >= 4 is 16.8 Å². The molecule has 2 heterocycles. The van der Waals surface area contributed by atoms with Crippen molar-refractivity contribution in [2.45, 2.75) is 39.0 Å². The number of benzene rings is 1. The maximum atomic E-state index is 12.9. The van der Waals surface area contributed by atoms with Gasteiger partial charge in [0.25, 0.3) is 0 Å². The van der Waals surface area contributed by atoms with Gasteiger partial charge in [-0.2, -0.15) is 0 Å². The molecular formula is C20H27N3O. The highest BCUT2D eigenvalue weighted by Crippen LogP contribution is 2.43. The summed E-state index contributed by atoms with van der Waals surface area (Å²) in [6.45, 7) is 4.70. The Hall–Kier alpha value is -1.81. The maximum Gasteiger partial charge on any atom is 0.227 e. The van der Waals surface area contributed by atoms with Crippen LogP contribution < -0.4 is 10.6 Å². The molecule has 2 atom stereocenters. The van der Waals surface area contributed by atoms with E-state index in [1.807, 2.05) is 0 Å². The first kappa shape index (κ1) is 15.7. The van der Waals surface area contributed by atoms with Gasteiger partial charge in [0.15, 0.2) is 0 Å². The molecule has 1 amide bonds. The van der Waals surface area contributed by atoms with E-state index in [2.05, 4.69) is 46.8 Å². The van der Waals surface area contributed by atoms with Crippen molar-refractivity contribution in [3.8, 4) is 0 Å². The molecule has 1 saturated heterocycles. The number of hydrogen-bond donors (Lipinski definition) is 3. The Morgan fingerprint density at radius 3 is 3.12 bits per heavy atom. The Morgan fingerprint density at radius 2 is 2.21 bits per heavy atom. The van der Waals surface area contributed by atoms with Gasteiger partial charge < -0.3 is 15.6 Å². The minimum absolute atomic E-state index is 0.145. The van der Waals surface area contributed by atoms with Crippen LogP contribution >= 0.6 is 0 Å². The Labute approximate surface area is 143 Å². The molecule has 128 valence electrons. The van der Waals surface area contributed by atoms with Gasteiger partial charge in [0.1, 0.15) is 0 Å². The summed E-state index contributed by atoms with van der Waals surface area (Å²) in [5.41, 5.74) is 3.57. The fourth-order valence-corrected chi connectivity index (χ4v) is 4.82. The van der Waals surface area contributed by atoms with Crippen LogP contribution in [0, 0.1) is 18.3 Å². The molecule has 2 fully saturated rings. The van der Waals surface area contributed by atoms with Crippen LogP contribution in [0.3, 0.4) is 0 Å². The number of hydrogen-bond acceptors (Lipinski definition) is 2. The number of aromatic nitrogens is 1. The second kappa shape index (κ2) is 6.25. The van der Waals surface area contributed by atoms with Crippen molar-refractivity contribution < 1.29 is 4.79 Å². The van der Waals surface area contributed by atoms with Gasteiger partial charge in [0.05, 0.1) is 5.41 Å². The average molecular weight is 325 g/mol. The molecule has 2 aliphatic rings. The Balaban J connectivity index is 1.43. The summed E-state index contributed by atoms with van der Waals surface area (Å²) in [7, 11) is 0. The maximum absolute atomic E-state index is 12.9. The Kier molecular flexibility index (Phi) is 4.09. The molecule has 3 N–H and O–H groups in total. The molecule has 4 nitrogen and oxygen atoms in total. The number of nitrogens with one attached hydrogen (secondary N) is 3. The lowest BCUT2D eigenvalue weighted by atomic mass is 9.67. The predicted octanol–water partition coefficient (Wildman–Crippen LogP) is 2.91. The van der Waals surface area contributed by atoms with E-state index in [0.29, 0.717) is 5.92 Å². The zero-order valence-corrected chi connectivity index (χ0v) is 14.5. The van der Waals surface area contributed by atoms with E-state index in [1.165, 1.54) is 41.4 Å². The van der Waals surface area contributed by atoms with Crippen LogP contribution in [0.25, 0.3) is 10.9 Å². The van der Waals surface area contributed by atoms with E-state index in [9.17, 15) is 4.79 Å². The summed E-state index contributed by atoms with van der Waals surface area (Å²) >= 11 is 0. The van der Waals surface area contributed by atoms with Crippen molar-refractivity contribution in [2.75, 3.05) is 19.6 Å². The van der Waals surface area contributed by atoms with Crippen LogP contribution in [0.2, 0.25) is 0 Å². The third kappa shape index (κ3) is 2.53. The largest absolute Gasteiger partial charge is 0.358 e. The summed E-state index contributed by atoms with van der Waals surface area (Å²) in [4.78, 5) is 16.4. The van der Waals surface area contributed by atoms with Crippen LogP contribution in [0.5, 0.6) is 0 Å². The van der Waals surface area contributed by atoms with Crippen molar-refractivity contribution in [2.24, 2.45) is 11.3 Å². The van der Waals surface area contributed by atoms with Crippen LogP contribution in [0.15, 0.2) is 24.3 Å². The number of para-hydroxylation sites is 1. The molecule has 0 spiro atoms. The van der Waals surface area contributed by atoms with E-state index in [0.717, 1.165) is 32.5 Å². The van der Waals surface area contributed by atoms with Gasteiger partial charge in [-0.25, -0.2) is 0 Å². The first-order valence-corrected chi connectivity index (χ1v) is 9.26. The standard InChI is InChI=1S/C20H27N3O/c1-14-16(17-7-2-3-8-18(17)23-14)9-11-22-19(24)20-10-5-4-6-15(20)12-21-13-20/h2-3,7-8,15,21,23H,4-6,9-13H2,1H3,(H,22,24)/t15-,20+/m0/s1. The summed E-state index contributed by atoms with van der Waals surface area (Å²) in [5.74, 6) is 0.802. The molecule has 4 heteroatoms. The number of fused-ring (bicyclic) bond motifs is 2. The second-order valence-electron chi connectivity index (χ2n) is 7.51. The van der Waals surface area contributed by atoms with Crippen molar-refractivity contribution in [1.82, 2.24) is 15.6 Å². The topological polar surface area (TPSA) is 56.9 Å². The summed E-state index contributed by atoms with van der Waals surface area (Å²) < 4.78 is 0. The SMILES string of the molecule is Cc1[nH]c2ccccc2c1CCNC(=O)[C@@]12CCCC[C@H]1CNC2. The van der Waals surface area contributed by atoms with E-state index < -0.39 is 0 Å². The molecule has 4 rings (SSSR count). The number of aromatic amines is 1. The monoisotopic (exact) mass is 325 g/mol. The molecule has 1 aromatic carbocycles. The van der Waals surface area contributed by atoms with Crippen LogP contribution in [-0.2, 0) is 11.2 Å². The van der Waals surface area contributed by atoms with Gasteiger partial charge in [0, 0.05) is 29.7 Å². The lowest BCUT2D eigenvalue weighted by molar-refractivity contribution is -0.133. The van der Waals surface area contributed by atoms with Gasteiger partial charge in [-0.1, -0.05) is 31.0 Å². The van der Waals surface area contributed by atoms with Gasteiger partial charge in [-0.05, 0) is 50.3 Å². The summed E-state index contributed by atoms with van der Waals surface area (Å²) in [6, 6.07) is 8.40. The van der Waals surface area contributed by atoms with E-state index in [1.54, 1.807) is 0 Å². The predicted molar refractivity (Wildman–Crippen MR) is 97.0 cm³/mol. The molecule has 0 bridgehead atoms. The Bertz CT molecular complexity index is 750. The number of rotatable bonds is 4. The van der Waals surface area contributed by atoms with Crippen LogP contribution in [-0.4, -0.2) is 30.5 Å². The van der Waals surface area contributed by atoms with Crippen molar-refractivity contribution in [3.63, 3.8) is 0 Å². The summed E-state index contributed by atoms with van der Waals surface area (Å²) in [6.07, 6.45) is 5.59. The van der Waals surface area contributed by atoms with E-state index in [4.69, 9.17) is 0 Å². The first-order chi connectivity index (χ1) is 11.7. The molecule has 24 heavy (non-hydrogen) atoms. The van der Waals surface area contributed by atoms with Gasteiger partial charge in [-0.3, -0.25) is 4.79 Å². The van der Waals surface area contributed by atoms with Gasteiger partial charge in [-0.15, -0.1) is 0 Å². The van der Waals surface area contributed by atoms with Crippen LogP contribution in [0.1, 0.15) is 36.9 Å². The fourth-order valence-electron chi connectivity index (χ4n) is 4.82. The normalized spacial score (nSPS) is 26.5. The summed E-state index contributed by atoms with van der Waals surface area (Å²) in [5, 5.41) is 7.99. The molecule has 0 unspecified atom stereocenters.